The number of para-hydroxylation sites is 1. The first-order valence-corrected chi connectivity index (χ1v) is 8.19. The van der Waals surface area contributed by atoms with Gasteiger partial charge in [-0.1, -0.05) is 32.0 Å². The molecule has 0 aliphatic heterocycles. The minimum Gasteiger partial charge on any atom is -0.491 e. The first-order chi connectivity index (χ1) is 11.1. The Bertz CT molecular complexity index is 566. The van der Waals surface area contributed by atoms with E-state index < -0.39 is 0 Å². The highest BCUT2D eigenvalue weighted by molar-refractivity contribution is 5.33. The van der Waals surface area contributed by atoms with E-state index in [0.717, 1.165) is 30.2 Å². The van der Waals surface area contributed by atoms with Crippen LogP contribution in [0, 0.1) is 5.92 Å². The van der Waals surface area contributed by atoms with Crippen LogP contribution in [-0.2, 0) is 13.1 Å². The average Bonchev–Trinajstić information content (AvgIpc) is 3.05. The highest BCUT2D eigenvalue weighted by atomic mass is 16.5. The van der Waals surface area contributed by atoms with E-state index in [9.17, 15) is 0 Å². The van der Waals surface area contributed by atoms with Crippen molar-refractivity contribution in [2.75, 3.05) is 13.2 Å². The van der Waals surface area contributed by atoms with Gasteiger partial charge in [-0.3, -0.25) is 4.90 Å². The topological polar surface area (TPSA) is 45.8 Å². The first kappa shape index (κ1) is 17.6. The van der Waals surface area contributed by atoms with Crippen molar-refractivity contribution in [1.29, 1.82) is 0 Å². The monoisotopic (exact) mass is 317 g/mol. The molecule has 0 spiro atoms. The van der Waals surface area contributed by atoms with Crippen LogP contribution in [0.1, 0.15) is 32.1 Å². The molecular weight excluding hydrogens is 290 g/mol. The van der Waals surface area contributed by atoms with Crippen LogP contribution in [0.15, 0.2) is 47.1 Å². The summed E-state index contributed by atoms with van der Waals surface area (Å²) in [6.07, 6.45) is 1.71. The number of aliphatic hydroxyl groups excluding tert-OH is 1. The summed E-state index contributed by atoms with van der Waals surface area (Å²) in [7, 11) is 0. The van der Waals surface area contributed by atoms with Gasteiger partial charge in [0.05, 0.1) is 19.4 Å². The normalized spacial score (nSPS) is 12.8. The molecule has 23 heavy (non-hydrogen) atoms. The third-order valence-electron chi connectivity index (χ3n) is 4.17. The fourth-order valence-corrected chi connectivity index (χ4v) is 2.52. The lowest BCUT2D eigenvalue weighted by atomic mass is 10.0. The Morgan fingerprint density at radius 2 is 1.87 bits per heavy atom. The third kappa shape index (κ3) is 5.12. The quantitative estimate of drug-likeness (QED) is 0.766. The Hall–Kier alpha value is -1.78. The number of rotatable bonds is 9. The van der Waals surface area contributed by atoms with Crippen LogP contribution in [0.4, 0.5) is 0 Å². The molecule has 4 nitrogen and oxygen atoms in total. The second kappa shape index (κ2) is 8.75. The van der Waals surface area contributed by atoms with E-state index in [1.165, 1.54) is 0 Å². The summed E-state index contributed by atoms with van der Waals surface area (Å²) in [6, 6.07) is 12.3. The maximum atomic E-state index is 8.98. The minimum atomic E-state index is 0.0207. The summed E-state index contributed by atoms with van der Waals surface area (Å²) in [6.45, 7) is 8.58. The van der Waals surface area contributed by atoms with Crippen molar-refractivity contribution >= 4 is 0 Å². The van der Waals surface area contributed by atoms with Gasteiger partial charge in [-0.15, -0.1) is 0 Å². The van der Waals surface area contributed by atoms with Gasteiger partial charge in [0.15, 0.2) is 0 Å². The molecule has 1 atom stereocenters. The standard InChI is InChI=1S/C19H27NO3/c1-15(2)16(3)20(14-18-8-6-11-22-18)13-17-7-4-5-9-19(17)23-12-10-21/h4-9,11,15-16,21H,10,12-14H2,1-3H3/t16-/m0/s1. The molecule has 1 heterocycles. The van der Waals surface area contributed by atoms with Crippen molar-refractivity contribution in [3.8, 4) is 5.75 Å². The predicted octanol–water partition coefficient (Wildman–Crippen LogP) is 3.70. The zero-order valence-corrected chi connectivity index (χ0v) is 14.2. The van der Waals surface area contributed by atoms with Crippen LogP contribution in [0.2, 0.25) is 0 Å². The van der Waals surface area contributed by atoms with Crippen molar-refractivity contribution in [2.45, 2.75) is 39.9 Å². The fraction of sp³-hybridized carbons (Fsp3) is 0.474. The van der Waals surface area contributed by atoms with Gasteiger partial charge in [-0.2, -0.15) is 0 Å². The lowest BCUT2D eigenvalue weighted by Gasteiger charge is -2.31. The number of furan rings is 1. The van der Waals surface area contributed by atoms with Crippen LogP contribution >= 0.6 is 0 Å². The molecule has 1 aromatic heterocycles. The summed E-state index contributed by atoms with van der Waals surface area (Å²) in [5.74, 6) is 2.34. The van der Waals surface area contributed by atoms with Gasteiger partial charge in [-0.05, 0) is 31.0 Å². The van der Waals surface area contributed by atoms with E-state index in [-0.39, 0.29) is 6.61 Å². The molecule has 0 bridgehead atoms. The highest BCUT2D eigenvalue weighted by Gasteiger charge is 2.20. The van der Waals surface area contributed by atoms with E-state index in [4.69, 9.17) is 14.3 Å². The fourth-order valence-electron chi connectivity index (χ4n) is 2.52. The molecule has 2 aromatic rings. The molecule has 4 heteroatoms. The average molecular weight is 317 g/mol. The maximum absolute atomic E-state index is 8.98. The molecule has 0 aliphatic rings. The first-order valence-electron chi connectivity index (χ1n) is 8.19. The Kier molecular flexibility index (Phi) is 6.68. The van der Waals surface area contributed by atoms with Crippen molar-refractivity contribution in [3.05, 3.63) is 54.0 Å². The van der Waals surface area contributed by atoms with E-state index in [0.29, 0.717) is 18.6 Å². The number of hydrogen-bond acceptors (Lipinski definition) is 4. The summed E-state index contributed by atoms with van der Waals surface area (Å²) in [4.78, 5) is 2.39. The van der Waals surface area contributed by atoms with Crippen LogP contribution < -0.4 is 4.74 Å². The summed E-state index contributed by atoms with van der Waals surface area (Å²) in [5, 5.41) is 8.98. The zero-order valence-electron chi connectivity index (χ0n) is 14.2. The predicted molar refractivity (Wildman–Crippen MR) is 91.3 cm³/mol. The van der Waals surface area contributed by atoms with Gasteiger partial charge in [-0.25, -0.2) is 0 Å². The SMILES string of the molecule is CC(C)[C@H](C)N(Cc1ccco1)Cc1ccccc1OCCO. The number of aliphatic hydroxyl groups is 1. The number of hydrogen-bond donors (Lipinski definition) is 1. The zero-order chi connectivity index (χ0) is 16.7. The lowest BCUT2D eigenvalue weighted by molar-refractivity contribution is 0.137. The molecule has 0 radical (unpaired) electrons. The minimum absolute atomic E-state index is 0.0207. The molecule has 0 aliphatic carbocycles. The Morgan fingerprint density at radius 1 is 1.09 bits per heavy atom. The second-order valence-electron chi connectivity index (χ2n) is 6.15. The maximum Gasteiger partial charge on any atom is 0.123 e. The molecule has 1 N–H and O–H groups in total. The van der Waals surface area contributed by atoms with Crippen molar-refractivity contribution in [2.24, 2.45) is 5.92 Å². The molecule has 0 saturated heterocycles. The smallest absolute Gasteiger partial charge is 0.123 e. The van der Waals surface area contributed by atoms with Crippen LogP contribution in [0.3, 0.4) is 0 Å². The molecule has 0 unspecified atom stereocenters. The van der Waals surface area contributed by atoms with Gasteiger partial charge in [0.25, 0.3) is 0 Å². The van der Waals surface area contributed by atoms with Crippen LogP contribution in [0.25, 0.3) is 0 Å². The Labute approximate surface area is 138 Å². The summed E-state index contributed by atoms with van der Waals surface area (Å²) < 4.78 is 11.2. The molecule has 126 valence electrons. The van der Waals surface area contributed by atoms with Crippen molar-refractivity contribution in [1.82, 2.24) is 4.90 Å². The van der Waals surface area contributed by atoms with E-state index in [2.05, 4.69) is 31.7 Å². The largest absolute Gasteiger partial charge is 0.491 e. The molecule has 1 aromatic carbocycles. The van der Waals surface area contributed by atoms with Gasteiger partial charge in [0.2, 0.25) is 0 Å². The molecular formula is C19H27NO3. The highest BCUT2D eigenvalue weighted by Crippen LogP contribution is 2.24. The number of ether oxygens (including phenoxy) is 1. The van der Waals surface area contributed by atoms with Crippen molar-refractivity contribution < 1.29 is 14.3 Å². The van der Waals surface area contributed by atoms with Crippen LogP contribution in [0.5, 0.6) is 5.75 Å². The Morgan fingerprint density at radius 3 is 2.52 bits per heavy atom. The number of nitrogens with zero attached hydrogens (tertiary/aromatic N) is 1. The van der Waals surface area contributed by atoms with E-state index in [1.807, 2.05) is 30.3 Å². The van der Waals surface area contributed by atoms with Gasteiger partial charge in [0.1, 0.15) is 18.1 Å². The van der Waals surface area contributed by atoms with Crippen LogP contribution in [-0.4, -0.2) is 29.3 Å². The third-order valence-corrected chi connectivity index (χ3v) is 4.17. The van der Waals surface area contributed by atoms with E-state index >= 15 is 0 Å². The summed E-state index contributed by atoms with van der Waals surface area (Å²) in [5.41, 5.74) is 1.13. The lowest BCUT2D eigenvalue weighted by Crippen LogP contribution is -2.35. The van der Waals surface area contributed by atoms with Gasteiger partial charge < -0.3 is 14.3 Å². The second-order valence-corrected chi connectivity index (χ2v) is 6.15. The Balaban J connectivity index is 2.16. The summed E-state index contributed by atoms with van der Waals surface area (Å²) >= 11 is 0. The molecule has 0 fully saturated rings. The van der Waals surface area contributed by atoms with Gasteiger partial charge in [0, 0.05) is 18.2 Å². The molecule has 0 amide bonds. The van der Waals surface area contributed by atoms with Gasteiger partial charge >= 0.3 is 0 Å². The van der Waals surface area contributed by atoms with E-state index in [1.54, 1.807) is 6.26 Å². The molecule has 0 saturated carbocycles. The number of benzene rings is 1. The van der Waals surface area contributed by atoms with Crippen molar-refractivity contribution in [3.63, 3.8) is 0 Å². The molecule has 2 rings (SSSR count).